The Morgan fingerprint density at radius 1 is 1.38 bits per heavy atom. The molecular weight excluding hydrogens is 390 g/mol. The number of thiophene rings is 1. The maximum Gasteiger partial charge on any atom is 0.339 e. The van der Waals surface area contributed by atoms with Gasteiger partial charge in [0.25, 0.3) is 5.91 Å². The Morgan fingerprint density at radius 3 is 3.00 bits per heavy atom. The second-order valence-electron chi connectivity index (χ2n) is 6.85. The Kier molecular flexibility index (Phi) is 5.32. The Hall–Kier alpha value is -3.18. The van der Waals surface area contributed by atoms with Crippen LogP contribution >= 0.6 is 11.3 Å². The zero-order valence-corrected chi connectivity index (χ0v) is 16.7. The van der Waals surface area contributed by atoms with Gasteiger partial charge in [0.2, 0.25) is 0 Å². The highest BCUT2D eigenvalue weighted by Gasteiger charge is 2.26. The van der Waals surface area contributed by atoms with Crippen LogP contribution in [0.1, 0.15) is 52.5 Å². The first-order valence-electron chi connectivity index (χ1n) is 9.50. The first kappa shape index (κ1) is 19.2. The van der Waals surface area contributed by atoms with Crippen molar-refractivity contribution in [2.45, 2.75) is 45.1 Å². The van der Waals surface area contributed by atoms with Gasteiger partial charge in [-0.3, -0.25) is 4.79 Å². The number of aryl methyl sites for hydroxylation is 1. The molecule has 0 radical (unpaired) electrons. The molecule has 1 unspecified atom stereocenters. The number of hydrogen-bond acceptors (Lipinski definition) is 7. The van der Waals surface area contributed by atoms with Crippen molar-refractivity contribution < 1.29 is 18.7 Å². The number of hydrogen-bond donors (Lipinski definition) is 1. The van der Waals surface area contributed by atoms with Crippen molar-refractivity contribution in [3.05, 3.63) is 46.2 Å². The van der Waals surface area contributed by atoms with Crippen LogP contribution in [0, 0.1) is 11.3 Å². The lowest BCUT2D eigenvalue weighted by Crippen LogP contribution is -2.32. The summed E-state index contributed by atoms with van der Waals surface area (Å²) in [6, 6.07) is 7.00. The van der Waals surface area contributed by atoms with Crippen LogP contribution in [0.2, 0.25) is 0 Å². The van der Waals surface area contributed by atoms with Gasteiger partial charge in [0.1, 0.15) is 16.6 Å². The van der Waals surface area contributed by atoms with E-state index in [2.05, 4.69) is 16.4 Å². The smallest absolute Gasteiger partial charge is 0.339 e. The number of nitrogens with one attached hydrogen (secondary N) is 1. The number of rotatable bonds is 5. The first-order valence-corrected chi connectivity index (χ1v) is 10.3. The standard InChI is InChI=1S/C21H19N3O4S/c1-2-16(28-21(26)12-7-8-15-17(9-12)27-11-23-15)19(25)24-20-14(10-22)13-5-3-4-6-18(13)29-20/h7-9,11,16H,2-6H2,1H3,(H,24,25). The number of nitriles is 1. The number of fused-ring (bicyclic) bond motifs is 2. The maximum absolute atomic E-state index is 12.7. The van der Waals surface area contributed by atoms with E-state index < -0.39 is 18.0 Å². The monoisotopic (exact) mass is 409 g/mol. The van der Waals surface area contributed by atoms with E-state index in [9.17, 15) is 14.9 Å². The van der Waals surface area contributed by atoms with Crippen molar-refractivity contribution in [2.24, 2.45) is 0 Å². The van der Waals surface area contributed by atoms with Gasteiger partial charge in [0.15, 0.2) is 18.1 Å². The molecular formula is C21H19N3O4S. The molecule has 0 fully saturated rings. The highest BCUT2D eigenvalue weighted by molar-refractivity contribution is 7.16. The minimum absolute atomic E-state index is 0.282. The molecule has 2 heterocycles. The van der Waals surface area contributed by atoms with Crippen LogP contribution in [-0.4, -0.2) is 23.0 Å². The van der Waals surface area contributed by atoms with Crippen molar-refractivity contribution in [3.8, 4) is 6.07 Å². The fraction of sp³-hybridized carbons (Fsp3) is 0.333. The number of oxazole rings is 1. The molecule has 2 aromatic heterocycles. The summed E-state index contributed by atoms with van der Waals surface area (Å²) in [7, 11) is 0. The van der Waals surface area contributed by atoms with E-state index in [1.807, 2.05) is 0 Å². The largest absolute Gasteiger partial charge is 0.449 e. The van der Waals surface area contributed by atoms with E-state index in [-0.39, 0.29) is 5.56 Å². The van der Waals surface area contributed by atoms with Gasteiger partial charge in [-0.1, -0.05) is 6.92 Å². The SMILES string of the molecule is CCC(OC(=O)c1ccc2ncoc2c1)C(=O)Nc1sc2c(c1C#N)CCCC2. The number of ether oxygens (including phenoxy) is 1. The van der Waals surface area contributed by atoms with Crippen LogP contribution in [0.5, 0.6) is 0 Å². The molecule has 0 spiro atoms. The molecule has 29 heavy (non-hydrogen) atoms. The predicted molar refractivity (Wildman–Crippen MR) is 108 cm³/mol. The van der Waals surface area contributed by atoms with Crippen LogP contribution < -0.4 is 5.32 Å². The molecule has 1 aromatic carbocycles. The van der Waals surface area contributed by atoms with Crippen molar-refractivity contribution in [1.29, 1.82) is 5.26 Å². The van der Waals surface area contributed by atoms with Gasteiger partial charge in [-0.2, -0.15) is 5.26 Å². The number of carbonyl (C=O) groups is 2. The second-order valence-corrected chi connectivity index (χ2v) is 7.96. The summed E-state index contributed by atoms with van der Waals surface area (Å²) in [5.74, 6) is -1.05. The molecule has 1 aliphatic carbocycles. The average molecular weight is 409 g/mol. The lowest BCUT2D eigenvalue weighted by atomic mass is 9.96. The van der Waals surface area contributed by atoms with Gasteiger partial charge >= 0.3 is 5.97 Å². The lowest BCUT2D eigenvalue weighted by Gasteiger charge is -2.15. The molecule has 0 bridgehead atoms. The number of amides is 1. The summed E-state index contributed by atoms with van der Waals surface area (Å²) in [6.07, 6.45) is 4.60. The van der Waals surface area contributed by atoms with E-state index >= 15 is 0 Å². The third-order valence-electron chi connectivity index (χ3n) is 5.00. The molecule has 0 aliphatic heterocycles. The summed E-state index contributed by atoms with van der Waals surface area (Å²) in [5.41, 5.74) is 2.97. The van der Waals surface area contributed by atoms with Crippen molar-refractivity contribution >= 4 is 39.3 Å². The molecule has 7 nitrogen and oxygen atoms in total. The van der Waals surface area contributed by atoms with Crippen molar-refractivity contribution in [3.63, 3.8) is 0 Å². The number of benzene rings is 1. The minimum atomic E-state index is -0.960. The summed E-state index contributed by atoms with van der Waals surface area (Å²) >= 11 is 1.45. The fourth-order valence-corrected chi connectivity index (χ4v) is 4.71. The average Bonchev–Trinajstić information content (AvgIpc) is 3.34. The summed E-state index contributed by atoms with van der Waals surface area (Å²) in [5, 5.41) is 12.9. The molecule has 1 aliphatic rings. The number of aromatic nitrogens is 1. The number of carbonyl (C=O) groups excluding carboxylic acids is 2. The topological polar surface area (TPSA) is 105 Å². The van der Waals surface area contributed by atoms with Crippen LogP contribution in [0.15, 0.2) is 29.0 Å². The molecule has 1 N–H and O–H groups in total. The van der Waals surface area contributed by atoms with E-state index in [1.54, 1.807) is 19.1 Å². The molecule has 4 rings (SSSR count). The quantitative estimate of drug-likeness (QED) is 0.633. The van der Waals surface area contributed by atoms with Gasteiger partial charge < -0.3 is 14.5 Å². The zero-order valence-electron chi connectivity index (χ0n) is 15.9. The van der Waals surface area contributed by atoms with E-state index in [0.29, 0.717) is 28.1 Å². The normalized spacial score (nSPS) is 14.1. The third kappa shape index (κ3) is 3.74. The third-order valence-corrected chi connectivity index (χ3v) is 6.21. The van der Waals surface area contributed by atoms with Gasteiger partial charge in [-0.15, -0.1) is 11.3 Å². The van der Waals surface area contributed by atoms with Gasteiger partial charge in [0.05, 0.1) is 11.1 Å². The number of nitrogens with zero attached hydrogens (tertiary/aromatic N) is 2. The van der Waals surface area contributed by atoms with Gasteiger partial charge in [0, 0.05) is 4.88 Å². The molecule has 148 valence electrons. The number of esters is 1. The van der Waals surface area contributed by atoms with Crippen LogP contribution in [0.4, 0.5) is 5.00 Å². The first-order chi connectivity index (χ1) is 14.1. The molecule has 0 saturated heterocycles. The summed E-state index contributed by atoms with van der Waals surface area (Å²) in [4.78, 5) is 30.4. The highest BCUT2D eigenvalue weighted by atomic mass is 32.1. The molecule has 0 saturated carbocycles. The van der Waals surface area contributed by atoms with E-state index in [1.165, 1.54) is 23.8 Å². The molecule has 1 atom stereocenters. The fourth-order valence-electron chi connectivity index (χ4n) is 3.47. The second kappa shape index (κ2) is 8.05. The van der Waals surface area contributed by atoms with Crippen molar-refractivity contribution in [2.75, 3.05) is 5.32 Å². The minimum Gasteiger partial charge on any atom is -0.449 e. The molecule has 3 aromatic rings. The number of anilines is 1. The van der Waals surface area contributed by atoms with Gasteiger partial charge in [-0.25, -0.2) is 9.78 Å². The molecule has 1 amide bonds. The van der Waals surface area contributed by atoms with Crippen LogP contribution in [-0.2, 0) is 22.4 Å². The lowest BCUT2D eigenvalue weighted by molar-refractivity contribution is -0.124. The summed E-state index contributed by atoms with van der Waals surface area (Å²) in [6.45, 7) is 1.77. The maximum atomic E-state index is 12.7. The van der Waals surface area contributed by atoms with E-state index in [0.717, 1.165) is 36.1 Å². The Bertz CT molecular complexity index is 1120. The van der Waals surface area contributed by atoms with Crippen LogP contribution in [0.3, 0.4) is 0 Å². The molecule has 8 heteroatoms. The zero-order chi connectivity index (χ0) is 20.4. The Labute approximate surface area is 171 Å². The highest BCUT2D eigenvalue weighted by Crippen LogP contribution is 2.37. The Morgan fingerprint density at radius 2 is 2.21 bits per heavy atom. The van der Waals surface area contributed by atoms with Crippen LogP contribution in [0.25, 0.3) is 11.1 Å². The predicted octanol–water partition coefficient (Wildman–Crippen LogP) is 4.21. The Balaban J connectivity index is 1.49. The van der Waals surface area contributed by atoms with Gasteiger partial charge in [-0.05, 0) is 55.9 Å². The summed E-state index contributed by atoms with van der Waals surface area (Å²) < 4.78 is 10.6. The van der Waals surface area contributed by atoms with Crippen molar-refractivity contribution in [1.82, 2.24) is 4.98 Å². The van der Waals surface area contributed by atoms with E-state index in [4.69, 9.17) is 9.15 Å².